The molecule has 1 amide bonds. The number of alkyl halides is 3. The molecular weight excluding hydrogens is 456 g/mol. The molecule has 0 atom stereocenters. The van der Waals surface area contributed by atoms with Crippen LogP contribution in [0.2, 0.25) is 0 Å². The Hall–Kier alpha value is -3.79. The lowest BCUT2D eigenvalue weighted by Gasteiger charge is -2.24. The van der Waals surface area contributed by atoms with Crippen molar-refractivity contribution < 1.29 is 22.4 Å². The third kappa shape index (κ3) is 4.70. The van der Waals surface area contributed by atoms with Crippen molar-refractivity contribution in [3.05, 3.63) is 95.0 Å². The molecular formula is C23H16F4N4OS. The van der Waals surface area contributed by atoms with Crippen molar-refractivity contribution in [1.82, 2.24) is 9.97 Å². The topological polar surface area (TPSA) is 58.1 Å². The lowest BCUT2D eigenvalue weighted by atomic mass is 10.1. The first-order valence-corrected chi connectivity index (χ1v) is 10.5. The average molecular weight is 472 g/mol. The van der Waals surface area contributed by atoms with Crippen molar-refractivity contribution in [1.29, 1.82) is 0 Å². The van der Waals surface area contributed by atoms with Gasteiger partial charge in [-0.05, 0) is 48.9 Å². The molecule has 2 aromatic heterocycles. The first kappa shape index (κ1) is 22.4. The van der Waals surface area contributed by atoms with Crippen LogP contribution in [0.4, 0.5) is 39.8 Å². The second-order valence-electron chi connectivity index (χ2n) is 6.98. The number of aromatic nitrogens is 2. The first-order valence-electron chi connectivity index (χ1n) is 9.63. The summed E-state index contributed by atoms with van der Waals surface area (Å²) in [5.41, 5.74) is 0.325. The van der Waals surface area contributed by atoms with E-state index in [9.17, 15) is 22.4 Å². The molecule has 0 bridgehead atoms. The fourth-order valence-electron chi connectivity index (χ4n) is 3.22. The van der Waals surface area contributed by atoms with Gasteiger partial charge in [-0.15, -0.1) is 11.3 Å². The molecule has 0 aliphatic carbocycles. The largest absolute Gasteiger partial charge is 0.419 e. The van der Waals surface area contributed by atoms with Gasteiger partial charge in [-0.3, -0.25) is 14.7 Å². The molecule has 0 spiro atoms. The van der Waals surface area contributed by atoms with Crippen molar-refractivity contribution in [2.45, 2.75) is 13.1 Å². The van der Waals surface area contributed by atoms with E-state index in [4.69, 9.17) is 0 Å². The fraction of sp³-hybridized carbons (Fsp3) is 0.0870. The molecule has 2 heterocycles. The maximum absolute atomic E-state index is 14.4. The Morgan fingerprint density at radius 3 is 2.58 bits per heavy atom. The van der Waals surface area contributed by atoms with E-state index in [1.165, 1.54) is 11.3 Å². The fourth-order valence-corrected chi connectivity index (χ4v) is 3.89. The molecule has 168 valence electrons. The first-order chi connectivity index (χ1) is 15.8. The second kappa shape index (κ2) is 8.99. The number of pyridine rings is 1. The second-order valence-corrected chi connectivity index (χ2v) is 7.85. The number of thiazole rings is 1. The number of aryl methyl sites for hydroxylation is 1. The number of benzene rings is 2. The third-order valence-corrected chi connectivity index (χ3v) is 5.53. The van der Waals surface area contributed by atoms with Gasteiger partial charge in [0.15, 0.2) is 5.13 Å². The molecule has 0 saturated carbocycles. The summed E-state index contributed by atoms with van der Waals surface area (Å²) in [7, 11) is 0. The molecule has 0 fully saturated rings. The highest BCUT2D eigenvalue weighted by atomic mass is 32.1. The average Bonchev–Trinajstić information content (AvgIpc) is 3.30. The van der Waals surface area contributed by atoms with E-state index in [0.717, 1.165) is 23.4 Å². The van der Waals surface area contributed by atoms with Gasteiger partial charge in [-0.25, -0.2) is 9.37 Å². The zero-order valence-electron chi connectivity index (χ0n) is 17.1. The van der Waals surface area contributed by atoms with Gasteiger partial charge in [0.1, 0.15) is 5.82 Å². The molecule has 0 aliphatic rings. The molecule has 0 saturated heterocycles. The number of hydrogen-bond donors (Lipinski definition) is 1. The smallest absolute Gasteiger partial charge is 0.322 e. The van der Waals surface area contributed by atoms with Crippen LogP contribution in [0.3, 0.4) is 0 Å². The summed E-state index contributed by atoms with van der Waals surface area (Å²) in [6.45, 7) is 1.87. The predicted octanol–water partition coefficient (Wildman–Crippen LogP) is 6.73. The number of nitrogens with one attached hydrogen (secondary N) is 1. The Bertz CT molecular complexity index is 1280. The van der Waals surface area contributed by atoms with E-state index in [1.54, 1.807) is 42.9 Å². The van der Waals surface area contributed by atoms with Gasteiger partial charge in [0.2, 0.25) is 0 Å². The number of rotatable bonds is 5. The highest BCUT2D eigenvalue weighted by Gasteiger charge is 2.35. The Morgan fingerprint density at radius 2 is 1.91 bits per heavy atom. The van der Waals surface area contributed by atoms with Crippen LogP contribution >= 0.6 is 11.3 Å². The normalized spacial score (nSPS) is 11.3. The molecule has 5 nitrogen and oxygen atoms in total. The molecule has 4 aromatic rings. The number of nitrogens with zero attached hydrogens (tertiary/aromatic N) is 3. The van der Waals surface area contributed by atoms with Gasteiger partial charge in [-0.1, -0.05) is 12.1 Å². The molecule has 33 heavy (non-hydrogen) atoms. The van der Waals surface area contributed by atoms with Crippen molar-refractivity contribution >= 4 is 39.4 Å². The summed E-state index contributed by atoms with van der Waals surface area (Å²) >= 11 is 1.40. The van der Waals surface area contributed by atoms with Crippen LogP contribution < -0.4 is 10.2 Å². The highest BCUT2D eigenvalue weighted by molar-refractivity contribution is 7.13. The van der Waals surface area contributed by atoms with E-state index >= 15 is 0 Å². The minimum atomic E-state index is -4.91. The predicted molar refractivity (Wildman–Crippen MR) is 119 cm³/mol. The van der Waals surface area contributed by atoms with Crippen LogP contribution in [0.1, 0.15) is 21.5 Å². The number of anilines is 4. The van der Waals surface area contributed by atoms with E-state index < -0.39 is 29.0 Å². The summed E-state index contributed by atoms with van der Waals surface area (Å²) < 4.78 is 53.4. The molecule has 1 N–H and O–H groups in total. The van der Waals surface area contributed by atoms with Crippen LogP contribution in [-0.2, 0) is 6.18 Å². The Labute approximate surface area is 190 Å². The molecule has 10 heteroatoms. The molecule has 0 radical (unpaired) electrons. The van der Waals surface area contributed by atoms with Gasteiger partial charge >= 0.3 is 6.18 Å². The number of amides is 1. The van der Waals surface area contributed by atoms with Crippen LogP contribution in [0.15, 0.2) is 72.5 Å². The van der Waals surface area contributed by atoms with Crippen LogP contribution in [0.5, 0.6) is 0 Å². The van der Waals surface area contributed by atoms with Crippen LogP contribution in [0.25, 0.3) is 0 Å². The Kier molecular flexibility index (Phi) is 6.10. The lowest BCUT2D eigenvalue weighted by molar-refractivity contribution is -0.140. The summed E-state index contributed by atoms with van der Waals surface area (Å²) in [5.74, 6) is -2.61. The Balaban J connectivity index is 1.70. The molecule has 4 rings (SSSR count). The van der Waals surface area contributed by atoms with Crippen LogP contribution in [0, 0.1) is 12.7 Å². The van der Waals surface area contributed by atoms with E-state index in [-0.39, 0.29) is 5.69 Å². The molecule has 0 aliphatic heterocycles. The number of hydrogen-bond acceptors (Lipinski definition) is 5. The number of halogens is 4. The number of carbonyl (C=O) groups excluding carboxylic acids is 1. The zero-order valence-corrected chi connectivity index (χ0v) is 17.9. The van der Waals surface area contributed by atoms with E-state index in [1.807, 2.05) is 23.3 Å². The van der Waals surface area contributed by atoms with Gasteiger partial charge in [0.05, 0.1) is 28.7 Å². The zero-order chi connectivity index (χ0) is 23.6. The van der Waals surface area contributed by atoms with Crippen molar-refractivity contribution in [3.8, 4) is 0 Å². The summed E-state index contributed by atoms with van der Waals surface area (Å²) in [5, 5.41) is 4.96. The van der Waals surface area contributed by atoms with Crippen molar-refractivity contribution in [3.63, 3.8) is 0 Å². The minimum absolute atomic E-state index is 0.280. The summed E-state index contributed by atoms with van der Waals surface area (Å²) in [6, 6.07) is 11.2. The minimum Gasteiger partial charge on any atom is -0.322 e. The van der Waals surface area contributed by atoms with E-state index in [2.05, 4.69) is 15.3 Å². The summed E-state index contributed by atoms with van der Waals surface area (Å²) in [6.07, 6.45) is 0.0385. The molecule has 2 aromatic carbocycles. The summed E-state index contributed by atoms with van der Waals surface area (Å²) in [4.78, 5) is 23.0. The van der Waals surface area contributed by atoms with Crippen LogP contribution in [-0.4, -0.2) is 15.9 Å². The van der Waals surface area contributed by atoms with Gasteiger partial charge in [-0.2, -0.15) is 13.2 Å². The third-order valence-electron chi connectivity index (χ3n) is 4.77. The Morgan fingerprint density at radius 1 is 1.09 bits per heavy atom. The monoisotopic (exact) mass is 472 g/mol. The maximum Gasteiger partial charge on any atom is 0.419 e. The van der Waals surface area contributed by atoms with Gasteiger partial charge < -0.3 is 5.32 Å². The van der Waals surface area contributed by atoms with Gasteiger partial charge in [0, 0.05) is 23.5 Å². The number of carbonyl (C=O) groups is 1. The lowest BCUT2D eigenvalue weighted by Crippen LogP contribution is -2.18. The quantitative estimate of drug-likeness (QED) is 0.327. The highest BCUT2D eigenvalue weighted by Crippen LogP contribution is 2.38. The molecule has 0 unspecified atom stereocenters. The SMILES string of the molecule is Cc1ccc(NC(=O)c2cccc(C(F)(F)F)c2F)cc1N(c1cccnc1)c1nccs1. The van der Waals surface area contributed by atoms with Crippen molar-refractivity contribution in [2.24, 2.45) is 0 Å². The van der Waals surface area contributed by atoms with Crippen molar-refractivity contribution in [2.75, 3.05) is 10.2 Å². The maximum atomic E-state index is 14.4. The standard InChI is InChI=1S/C23H16F4N4OS/c1-14-7-8-15(30-21(32)17-5-2-6-18(20(17)24)23(25,26)27)12-19(14)31(22-29-10-11-33-22)16-4-3-9-28-13-16/h2-13H,1H3,(H,30,32). The van der Waals surface area contributed by atoms with E-state index in [0.29, 0.717) is 16.9 Å². The van der Waals surface area contributed by atoms with Gasteiger partial charge in [0.25, 0.3) is 5.91 Å².